The van der Waals surface area contributed by atoms with E-state index in [1.165, 1.54) is 31.7 Å². The minimum atomic E-state index is -4.04. The van der Waals surface area contributed by atoms with Crippen molar-refractivity contribution in [3.63, 3.8) is 0 Å². The van der Waals surface area contributed by atoms with E-state index in [0.29, 0.717) is 5.69 Å². The lowest BCUT2D eigenvalue weighted by molar-refractivity contribution is -0.135. The fourth-order valence-electron chi connectivity index (χ4n) is 3.83. The van der Waals surface area contributed by atoms with Crippen LogP contribution in [0.3, 0.4) is 0 Å². The number of aryl methyl sites for hydroxylation is 1. The van der Waals surface area contributed by atoms with E-state index < -0.39 is 22.6 Å². The summed E-state index contributed by atoms with van der Waals surface area (Å²) >= 11 is 0. The lowest BCUT2D eigenvalue weighted by Gasteiger charge is -2.31. The first-order valence-corrected chi connectivity index (χ1v) is 12.4. The number of carbonyl (C=O) groups is 2. The Morgan fingerprint density at radius 2 is 1.73 bits per heavy atom. The van der Waals surface area contributed by atoms with Crippen LogP contribution in [0.5, 0.6) is 5.75 Å². The Hall–Kier alpha value is -3.07. The first-order chi connectivity index (χ1) is 15.7. The Balaban J connectivity index is 1.71. The second-order valence-electron chi connectivity index (χ2n) is 8.21. The molecule has 2 aromatic carbocycles. The monoisotopic (exact) mass is 474 g/mol. The van der Waals surface area contributed by atoms with Crippen LogP contribution < -0.4 is 9.46 Å². The van der Waals surface area contributed by atoms with Gasteiger partial charge >= 0.3 is 5.97 Å². The zero-order chi connectivity index (χ0) is 24.0. The predicted octanol–water partition coefficient (Wildman–Crippen LogP) is 3.75. The van der Waals surface area contributed by atoms with Crippen LogP contribution in [-0.4, -0.2) is 52.0 Å². The molecule has 1 saturated carbocycles. The number of carbonyl (C=O) groups excluding carboxylic acids is 2. The second-order valence-corrected chi connectivity index (χ2v) is 9.86. The number of esters is 1. The average Bonchev–Trinajstić information content (AvgIpc) is 2.83. The van der Waals surface area contributed by atoms with Crippen molar-refractivity contribution in [2.75, 3.05) is 25.5 Å². The van der Waals surface area contributed by atoms with E-state index in [1.54, 1.807) is 36.2 Å². The maximum Gasteiger partial charge on any atom is 0.338 e. The maximum atomic E-state index is 13.0. The molecular weight excluding hydrogens is 444 g/mol. The van der Waals surface area contributed by atoms with E-state index in [2.05, 4.69) is 4.72 Å². The smallest absolute Gasteiger partial charge is 0.338 e. The third-order valence-corrected chi connectivity index (χ3v) is 7.24. The molecule has 9 heteroatoms. The van der Waals surface area contributed by atoms with Gasteiger partial charge in [-0.1, -0.05) is 37.0 Å². The molecule has 0 aliphatic heterocycles. The first-order valence-electron chi connectivity index (χ1n) is 10.9. The topological polar surface area (TPSA) is 102 Å². The van der Waals surface area contributed by atoms with Gasteiger partial charge < -0.3 is 14.4 Å². The summed E-state index contributed by atoms with van der Waals surface area (Å²) in [5.41, 5.74) is 1.38. The molecule has 0 bridgehead atoms. The highest BCUT2D eigenvalue weighted by Crippen LogP contribution is 2.27. The van der Waals surface area contributed by atoms with Gasteiger partial charge in [0.1, 0.15) is 10.6 Å². The molecular formula is C24H30N2O6S. The van der Waals surface area contributed by atoms with Crippen LogP contribution >= 0.6 is 0 Å². The van der Waals surface area contributed by atoms with Crippen molar-refractivity contribution in [3.8, 4) is 5.75 Å². The van der Waals surface area contributed by atoms with E-state index >= 15 is 0 Å². The molecule has 0 aromatic heterocycles. The number of likely N-dealkylation sites (N-methyl/N-ethyl adjacent to an activating group) is 1. The van der Waals surface area contributed by atoms with Crippen LogP contribution in [0.15, 0.2) is 47.4 Å². The summed E-state index contributed by atoms with van der Waals surface area (Å²) in [5.74, 6) is -0.980. The number of nitrogens with one attached hydrogen (secondary N) is 1. The van der Waals surface area contributed by atoms with Crippen LogP contribution in [0.1, 0.15) is 48.0 Å². The molecule has 0 atom stereocenters. The molecule has 0 heterocycles. The van der Waals surface area contributed by atoms with Gasteiger partial charge in [-0.15, -0.1) is 0 Å². The van der Waals surface area contributed by atoms with Gasteiger partial charge in [0.15, 0.2) is 6.61 Å². The van der Waals surface area contributed by atoms with E-state index in [0.717, 1.165) is 31.2 Å². The lowest BCUT2D eigenvalue weighted by atomic mass is 9.94. The third kappa shape index (κ3) is 6.25. The molecule has 0 unspecified atom stereocenters. The Bertz CT molecular complexity index is 1090. The lowest BCUT2D eigenvalue weighted by Crippen LogP contribution is -2.40. The Kier molecular flexibility index (Phi) is 7.97. The summed E-state index contributed by atoms with van der Waals surface area (Å²) in [5, 5.41) is 0. The van der Waals surface area contributed by atoms with Crippen LogP contribution in [0.25, 0.3) is 0 Å². The molecule has 0 saturated heterocycles. The summed E-state index contributed by atoms with van der Waals surface area (Å²) in [7, 11) is -0.974. The van der Waals surface area contributed by atoms with Gasteiger partial charge in [-0.2, -0.15) is 0 Å². The van der Waals surface area contributed by atoms with Crippen LogP contribution in [0.2, 0.25) is 0 Å². The summed E-state index contributed by atoms with van der Waals surface area (Å²) in [6.07, 6.45) is 5.24. The standard InChI is InChI=1S/C24H30N2O6S/c1-17-9-12-19(13-10-17)25-33(29,30)22-15-18(11-14-21(22)31-3)24(28)32-16-23(27)26(2)20-7-5-4-6-8-20/h9-15,20,25H,4-8,16H2,1-3H3. The van der Waals surface area contributed by atoms with E-state index in [9.17, 15) is 18.0 Å². The Morgan fingerprint density at radius 3 is 2.36 bits per heavy atom. The number of ether oxygens (including phenoxy) is 2. The number of nitrogens with zero attached hydrogens (tertiary/aromatic N) is 1. The molecule has 1 fully saturated rings. The highest BCUT2D eigenvalue weighted by molar-refractivity contribution is 7.92. The minimum absolute atomic E-state index is 0.00759. The number of methoxy groups -OCH3 is 1. The van der Waals surface area contributed by atoms with Gasteiger partial charge in [-0.05, 0) is 50.1 Å². The minimum Gasteiger partial charge on any atom is -0.495 e. The molecule has 33 heavy (non-hydrogen) atoms. The fourth-order valence-corrected chi connectivity index (χ4v) is 5.08. The van der Waals surface area contributed by atoms with E-state index in [1.807, 2.05) is 6.92 Å². The second kappa shape index (κ2) is 10.7. The van der Waals surface area contributed by atoms with Crippen LogP contribution in [0.4, 0.5) is 5.69 Å². The van der Waals surface area contributed by atoms with E-state index in [-0.39, 0.29) is 28.2 Å². The summed E-state index contributed by atoms with van der Waals surface area (Å²) in [6.45, 7) is 1.50. The molecule has 1 aliphatic rings. The molecule has 2 aromatic rings. The van der Waals surface area contributed by atoms with Crippen molar-refractivity contribution in [1.82, 2.24) is 4.90 Å². The summed E-state index contributed by atoms with van der Waals surface area (Å²) in [4.78, 5) is 26.5. The Morgan fingerprint density at radius 1 is 1.06 bits per heavy atom. The third-order valence-electron chi connectivity index (χ3n) is 5.84. The van der Waals surface area contributed by atoms with Gasteiger partial charge in [-0.3, -0.25) is 9.52 Å². The summed E-state index contributed by atoms with van der Waals surface area (Å²) < 4.78 is 38.8. The number of benzene rings is 2. The zero-order valence-corrected chi connectivity index (χ0v) is 20.0. The molecule has 3 rings (SSSR count). The molecule has 1 N–H and O–H groups in total. The Labute approximate surface area is 194 Å². The quantitative estimate of drug-likeness (QED) is 0.585. The average molecular weight is 475 g/mol. The number of amides is 1. The van der Waals surface area contributed by atoms with Crippen molar-refractivity contribution < 1.29 is 27.5 Å². The van der Waals surface area contributed by atoms with Crippen LogP contribution in [0, 0.1) is 6.92 Å². The number of hydrogen-bond acceptors (Lipinski definition) is 6. The van der Waals surface area contributed by atoms with Crippen molar-refractivity contribution in [2.24, 2.45) is 0 Å². The number of rotatable bonds is 8. The fraction of sp³-hybridized carbons (Fsp3) is 0.417. The highest BCUT2D eigenvalue weighted by Gasteiger charge is 2.25. The van der Waals surface area contributed by atoms with Crippen LogP contribution in [-0.2, 0) is 19.6 Å². The van der Waals surface area contributed by atoms with Crippen molar-refractivity contribution in [2.45, 2.75) is 50.0 Å². The van der Waals surface area contributed by atoms with Crippen molar-refractivity contribution in [3.05, 3.63) is 53.6 Å². The molecule has 178 valence electrons. The predicted molar refractivity (Wildman–Crippen MR) is 125 cm³/mol. The summed E-state index contributed by atoms with van der Waals surface area (Å²) in [6, 6.07) is 11.0. The van der Waals surface area contributed by atoms with Gasteiger partial charge in [0, 0.05) is 18.8 Å². The molecule has 0 spiro atoms. The maximum absolute atomic E-state index is 13.0. The molecule has 1 aliphatic carbocycles. The number of anilines is 1. The first kappa shape index (κ1) is 24.6. The van der Waals surface area contributed by atoms with E-state index in [4.69, 9.17) is 9.47 Å². The molecule has 8 nitrogen and oxygen atoms in total. The van der Waals surface area contributed by atoms with Gasteiger partial charge in [0.25, 0.3) is 15.9 Å². The van der Waals surface area contributed by atoms with Crippen molar-refractivity contribution >= 4 is 27.6 Å². The normalized spacial score (nSPS) is 14.4. The molecule has 1 amide bonds. The largest absolute Gasteiger partial charge is 0.495 e. The van der Waals surface area contributed by atoms with Gasteiger partial charge in [0.2, 0.25) is 0 Å². The number of sulfonamides is 1. The molecule has 0 radical (unpaired) electrons. The number of hydrogen-bond donors (Lipinski definition) is 1. The van der Waals surface area contributed by atoms with Gasteiger partial charge in [0.05, 0.1) is 12.7 Å². The van der Waals surface area contributed by atoms with Gasteiger partial charge in [-0.25, -0.2) is 13.2 Å². The van der Waals surface area contributed by atoms with Crippen molar-refractivity contribution in [1.29, 1.82) is 0 Å². The zero-order valence-electron chi connectivity index (χ0n) is 19.2. The SMILES string of the molecule is COc1ccc(C(=O)OCC(=O)N(C)C2CCCCC2)cc1S(=O)(=O)Nc1ccc(C)cc1. The highest BCUT2D eigenvalue weighted by atomic mass is 32.2.